The fourth-order valence-corrected chi connectivity index (χ4v) is 3.75. The third-order valence-electron chi connectivity index (χ3n) is 5.43. The molecule has 0 radical (unpaired) electrons. The number of carbonyl (C=O) groups is 1. The molecule has 1 unspecified atom stereocenters. The Bertz CT molecular complexity index is 543. The van der Waals surface area contributed by atoms with Gasteiger partial charge in [-0.3, -0.25) is 4.79 Å². The highest BCUT2D eigenvalue weighted by molar-refractivity contribution is 5.94. The van der Waals surface area contributed by atoms with Crippen molar-refractivity contribution < 1.29 is 14.3 Å². The summed E-state index contributed by atoms with van der Waals surface area (Å²) in [7, 11) is 0. The molecular weight excluding hydrogens is 340 g/mol. The second-order valence-electron chi connectivity index (χ2n) is 7.18. The second-order valence-corrected chi connectivity index (χ2v) is 7.18. The van der Waals surface area contributed by atoms with E-state index in [1.54, 1.807) is 0 Å². The van der Waals surface area contributed by atoms with Crippen LogP contribution in [0.15, 0.2) is 24.3 Å². The van der Waals surface area contributed by atoms with Gasteiger partial charge in [-0.25, -0.2) is 0 Å². The molecule has 27 heavy (non-hydrogen) atoms. The molecule has 5 nitrogen and oxygen atoms in total. The average Bonchev–Trinajstić information content (AvgIpc) is 2.71. The van der Waals surface area contributed by atoms with Crippen LogP contribution in [0.25, 0.3) is 0 Å². The van der Waals surface area contributed by atoms with E-state index in [-0.39, 0.29) is 11.9 Å². The van der Waals surface area contributed by atoms with Crippen molar-refractivity contribution in [3.63, 3.8) is 0 Å². The first-order chi connectivity index (χ1) is 13.2. The molecule has 2 rings (SSSR count). The summed E-state index contributed by atoms with van der Waals surface area (Å²) in [6, 6.07) is 7.67. The van der Waals surface area contributed by atoms with Crippen LogP contribution in [0, 0.1) is 5.92 Å². The predicted molar refractivity (Wildman–Crippen MR) is 109 cm³/mol. The predicted octanol–water partition coefficient (Wildman–Crippen LogP) is 3.73. The van der Waals surface area contributed by atoms with Gasteiger partial charge in [0.15, 0.2) is 0 Å². The zero-order chi connectivity index (χ0) is 19.5. The molecule has 0 aliphatic heterocycles. The largest absolute Gasteiger partial charge is 0.491 e. The summed E-state index contributed by atoms with van der Waals surface area (Å²) in [5.74, 6) is 1.33. The Kier molecular flexibility index (Phi) is 9.64. The number of carbonyl (C=O) groups excluding carboxylic acids is 1. The molecule has 1 aromatic rings. The van der Waals surface area contributed by atoms with E-state index in [2.05, 4.69) is 24.1 Å². The minimum absolute atomic E-state index is 0.0207. The van der Waals surface area contributed by atoms with E-state index in [0.717, 1.165) is 31.8 Å². The minimum atomic E-state index is 0.0207. The van der Waals surface area contributed by atoms with E-state index in [0.29, 0.717) is 31.3 Å². The smallest absolute Gasteiger partial charge is 0.251 e. The number of nitrogens with zero attached hydrogens (tertiary/aromatic N) is 1. The van der Waals surface area contributed by atoms with Crippen LogP contribution in [-0.4, -0.2) is 56.3 Å². The van der Waals surface area contributed by atoms with Gasteiger partial charge < -0.3 is 19.7 Å². The standard InChI is InChI=1S/C22H36N2O3/c1-4-24(5-2)17-19-9-7-8-10-21(19)23-22(25)18-11-13-20(14-12-18)27-16-15-26-6-3/h11-14,19,21H,4-10,15-17H2,1-3H3,(H,23,25)/t19-,21?/m1/s1. The Morgan fingerprint density at radius 2 is 1.78 bits per heavy atom. The summed E-state index contributed by atoms with van der Waals surface area (Å²) in [6.45, 7) is 11.4. The van der Waals surface area contributed by atoms with Crippen molar-refractivity contribution in [3.05, 3.63) is 29.8 Å². The summed E-state index contributed by atoms with van der Waals surface area (Å²) < 4.78 is 10.9. The molecule has 1 saturated carbocycles. The van der Waals surface area contributed by atoms with Gasteiger partial charge in [-0.1, -0.05) is 26.7 Å². The lowest BCUT2D eigenvalue weighted by Crippen LogP contribution is -2.46. The van der Waals surface area contributed by atoms with Gasteiger partial charge in [-0.2, -0.15) is 0 Å². The van der Waals surface area contributed by atoms with Gasteiger partial charge in [-0.15, -0.1) is 0 Å². The lowest BCUT2D eigenvalue weighted by atomic mass is 9.84. The fraction of sp³-hybridized carbons (Fsp3) is 0.682. The molecule has 1 aromatic carbocycles. The van der Waals surface area contributed by atoms with Gasteiger partial charge in [-0.05, 0) is 63.0 Å². The van der Waals surface area contributed by atoms with Crippen LogP contribution in [0.5, 0.6) is 5.75 Å². The van der Waals surface area contributed by atoms with Gasteiger partial charge in [0.05, 0.1) is 6.61 Å². The molecule has 2 atom stereocenters. The van der Waals surface area contributed by atoms with Crippen molar-refractivity contribution >= 4 is 5.91 Å². The first-order valence-corrected chi connectivity index (χ1v) is 10.5. The summed E-state index contributed by atoms with van der Waals surface area (Å²) >= 11 is 0. The first kappa shape index (κ1) is 21.7. The minimum Gasteiger partial charge on any atom is -0.491 e. The Hall–Kier alpha value is -1.59. The number of rotatable bonds is 11. The van der Waals surface area contributed by atoms with Crippen LogP contribution in [0.3, 0.4) is 0 Å². The lowest BCUT2D eigenvalue weighted by molar-refractivity contribution is 0.0888. The highest BCUT2D eigenvalue weighted by Crippen LogP contribution is 2.26. The summed E-state index contributed by atoms with van der Waals surface area (Å²) in [5, 5.41) is 3.29. The van der Waals surface area contributed by atoms with E-state index >= 15 is 0 Å². The summed E-state index contributed by atoms with van der Waals surface area (Å²) in [5.41, 5.74) is 0.694. The third kappa shape index (κ3) is 7.15. The van der Waals surface area contributed by atoms with Crippen LogP contribution in [0.4, 0.5) is 0 Å². The van der Waals surface area contributed by atoms with Gasteiger partial charge >= 0.3 is 0 Å². The normalized spacial score (nSPS) is 19.9. The number of amides is 1. The summed E-state index contributed by atoms with van der Waals surface area (Å²) in [4.78, 5) is 15.2. The zero-order valence-electron chi connectivity index (χ0n) is 17.2. The topological polar surface area (TPSA) is 50.8 Å². The Morgan fingerprint density at radius 1 is 1.07 bits per heavy atom. The van der Waals surface area contributed by atoms with E-state index in [1.165, 1.54) is 19.3 Å². The van der Waals surface area contributed by atoms with Crippen LogP contribution in [0.1, 0.15) is 56.8 Å². The monoisotopic (exact) mass is 376 g/mol. The van der Waals surface area contributed by atoms with E-state index < -0.39 is 0 Å². The highest BCUT2D eigenvalue weighted by Gasteiger charge is 2.27. The third-order valence-corrected chi connectivity index (χ3v) is 5.43. The van der Waals surface area contributed by atoms with Crippen molar-refractivity contribution in [1.82, 2.24) is 10.2 Å². The number of benzene rings is 1. The lowest BCUT2D eigenvalue weighted by Gasteiger charge is -2.35. The van der Waals surface area contributed by atoms with E-state index in [9.17, 15) is 4.79 Å². The maximum Gasteiger partial charge on any atom is 0.251 e. The molecule has 0 aromatic heterocycles. The van der Waals surface area contributed by atoms with Crippen molar-refractivity contribution in [2.24, 2.45) is 5.92 Å². The second kappa shape index (κ2) is 12.0. The SMILES string of the molecule is CCOCCOc1ccc(C(=O)NC2CCCC[C@@H]2CN(CC)CC)cc1. The quantitative estimate of drug-likeness (QED) is 0.598. The van der Waals surface area contributed by atoms with Crippen molar-refractivity contribution in [2.45, 2.75) is 52.5 Å². The number of nitrogens with one attached hydrogen (secondary N) is 1. The molecule has 1 aliphatic carbocycles. The Balaban J connectivity index is 1.88. The maximum absolute atomic E-state index is 12.7. The Morgan fingerprint density at radius 3 is 2.44 bits per heavy atom. The van der Waals surface area contributed by atoms with Gasteiger partial charge in [0.2, 0.25) is 0 Å². The molecule has 1 N–H and O–H groups in total. The zero-order valence-corrected chi connectivity index (χ0v) is 17.2. The van der Waals surface area contributed by atoms with Crippen LogP contribution in [-0.2, 0) is 4.74 Å². The molecule has 0 saturated heterocycles. The number of hydrogen-bond acceptors (Lipinski definition) is 4. The van der Waals surface area contributed by atoms with E-state index in [4.69, 9.17) is 9.47 Å². The van der Waals surface area contributed by atoms with Gasteiger partial charge in [0.1, 0.15) is 12.4 Å². The van der Waals surface area contributed by atoms with E-state index in [1.807, 2.05) is 31.2 Å². The molecular formula is C22H36N2O3. The molecule has 152 valence electrons. The number of hydrogen-bond donors (Lipinski definition) is 1. The molecule has 0 heterocycles. The summed E-state index contributed by atoms with van der Waals surface area (Å²) in [6.07, 6.45) is 4.75. The first-order valence-electron chi connectivity index (χ1n) is 10.5. The molecule has 1 fully saturated rings. The molecule has 0 bridgehead atoms. The fourth-order valence-electron chi connectivity index (χ4n) is 3.75. The molecule has 1 aliphatic rings. The Labute approximate surface area is 164 Å². The average molecular weight is 377 g/mol. The van der Waals surface area contributed by atoms with Gasteiger partial charge in [0, 0.05) is 24.8 Å². The van der Waals surface area contributed by atoms with Crippen LogP contribution in [0.2, 0.25) is 0 Å². The van der Waals surface area contributed by atoms with Crippen molar-refractivity contribution in [2.75, 3.05) is 39.5 Å². The van der Waals surface area contributed by atoms with Crippen molar-refractivity contribution in [1.29, 1.82) is 0 Å². The van der Waals surface area contributed by atoms with Crippen LogP contribution < -0.4 is 10.1 Å². The molecule has 0 spiro atoms. The van der Waals surface area contributed by atoms with Crippen LogP contribution >= 0.6 is 0 Å². The molecule has 5 heteroatoms. The van der Waals surface area contributed by atoms with Crippen molar-refractivity contribution in [3.8, 4) is 5.75 Å². The maximum atomic E-state index is 12.7. The highest BCUT2D eigenvalue weighted by atomic mass is 16.5. The number of ether oxygens (including phenoxy) is 2. The molecule has 1 amide bonds. The van der Waals surface area contributed by atoms with Gasteiger partial charge in [0.25, 0.3) is 5.91 Å².